The van der Waals surface area contributed by atoms with Crippen molar-refractivity contribution in [3.05, 3.63) is 124 Å². The van der Waals surface area contributed by atoms with E-state index in [1.807, 2.05) is 91.9 Å². The van der Waals surface area contributed by atoms with E-state index < -0.39 is 5.97 Å². The molecule has 0 amide bonds. The van der Waals surface area contributed by atoms with Gasteiger partial charge >= 0.3 is 5.97 Å². The summed E-state index contributed by atoms with van der Waals surface area (Å²) in [7, 11) is 0. The van der Waals surface area contributed by atoms with E-state index in [2.05, 4.69) is 33.1 Å². The van der Waals surface area contributed by atoms with Gasteiger partial charge in [0.2, 0.25) is 5.90 Å². The lowest BCUT2D eigenvalue weighted by Gasteiger charge is -2.13. The fourth-order valence-corrected chi connectivity index (χ4v) is 4.36. The first kappa shape index (κ1) is 24.5. The van der Waals surface area contributed by atoms with Crippen molar-refractivity contribution in [2.75, 3.05) is 6.61 Å². The van der Waals surface area contributed by atoms with E-state index in [1.54, 1.807) is 6.08 Å². The predicted octanol–water partition coefficient (Wildman–Crippen LogP) is 7.44. The molecule has 0 aromatic heterocycles. The van der Waals surface area contributed by atoms with Crippen LogP contribution >= 0.6 is 15.9 Å². The smallest absolute Gasteiger partial charge is 0.363 e. The second-order valence-electron chi connectivity index (χ2n) is 8.34. The molecule has 4 aromatic carbocycles. The molecule has 0 N–H and O–H groups in total. The lowest BCUT2D eigenvalue weighted by atomic mass is 10.0. The Kier molecular flexibility index (Phi) is 7.47. The Morgan fingerprint density at radius 2 is 1.57 bits per heavy atom. The monoisotopic (exact) mass is 553 g/mol. The molecule has 0 saturated carbocycles. The summed E-state index contributed by atoms with van der Waals surface area (Å²) in [6.45, 7) is 2.80. The molecule has 184 valence electrons. The number of halogens is 1. The Bertz CT molecular complexity index is 1480. The predicted molar refractivity (Wildman–Crippen MR) is 149 cm³/mol. The summed E-state index contributed by atoms with van der Waals surface area (Å²) in [4.78, 5) is 17.0. The number of ether oxygens (including phenoxy) is 3. The number of hydrogen-bond donors (Lipinski definition) is 0. The van der Waals surface area contributed by atoms with Gasteiger partial charge in [0, 0.05) is 10.0 Å². The summed E-state index contributed by atoms with van der Waals surface area (Å²) in [6, 6.07) is 31.4. The number of aliphatic imine (C=N–C) groups is 1. The minimum absolute atomic E-state index is 0.229. The summed E-state index contributed by atoms with van der Waals surface area (Å²) >= 11 is 3.48. The van der Waals surface area contributed by atoms with Gasteiger partial charge in [-0.05, 0) is 71.7 Å². The molecule has 0 saturated heterocycles. The quantitative estimate of drug-likeness (QED) is 0.168. The summed E-state index contributed by atoms with van der Waals surface area (Å²) < 4.78 is 18.3. The maximum Gasteiger partial charge on any atom is 0.363 e. The van der Waals surface area contributed by atoms with Crippen LogP contribution in [0.5, 0.6) is 11.5 Å². The van der Waals surface area contributed by atoms with Crippen LogP contribution in [0.4, 0.5) is 0 Å². The topological polar surface area (TPSA) is 57.1 Å². The van der Waals surface area contributed by atoms with Gasteiger partial charge in [-0.2, -0.15) is 0 Å². The van der Waals surface area contributed by atoms with E-state index in [1.165, 1.54) is 0 Å². The first-order valence-corrected chi connectivity index (χ1v) is 12.7. The molecule has 5 rings (SSSR count). The van der Waals surface area contributed by atoms with Gasteiger partial charge in [-0.1, -0.05) is 76.6 Å². The zero-order valence-electron chi connectivity index (χ0n) is 20.2. The average molecular weight is 554 g/mol. The molecule has 0 spiro atoms. The summed E-state index contributed by atoms with van der Waals surface area (Å²) in [5.41, 5.74) is 4.96. The van der Waals surface area contributed by atoms with E-state index in [-0.39, 0.29) is 11.6 Å². The number of rotatable bonds is 8. The minimum Gasteiger partial charge on any atom is -0.490 e. The Morgan fingerprint density at radius 1 is 0.811 bits per heavy atom. The van der Waals surface area contributed by atoms with Crippen LogP contribution in [-0.2, 0) is 16.1 Å². The second kappa shape index (κ2) is 11.3. The van der Waals surface area contributed by atoms with E-state index in [0.29, 0.717) is 24.7 Å². The van der Waals surface area contributed by atoms with Crippen LogP contribution in [-0.4, -0.2) is 18.5 Å². The molecule has 4 aromatic rings. The van der Waals surface area contributed by atoms with Crippen molar-refractivity contribution in [1.29, 1.82) is 0 Å². The molecular weight excluding hydrogens is 530 g/mol. The maximum absolute atomic E-state index is 12.6. The van der Waals surface area contributed by atoms with Crippen LogP contribution < -0.4 is 9.47 Å². The lowest BCUT2D eigenvalue weighted by molar-refractivity contribution is -0.129. The van der Waals surface area contributed by atoms with Gasteiger partial charge in [-0.3, -0.25) is 0 Å². The molecule has 0 radical (unpaired) electrons. The van der Waals surface area contributed by atoms with Gasteiger partial charge in [-0.25, -0.2) is 9.79 Å². The third-order valence-electron chi connectivity index (χ3n) is 5.71. The molecule has 0 atom stereocenters. The summed E-state index contributed by atoms with van der Waals surface area (Å²) in [6.07, 6.45) is 1.69. The number of nitrogens with zero attached hydrogens (tertiary/aromatic N) is 1. The molecule has 6 heteroatoms. The van der Waals surface area contributed by atoms with Crippen LogP contribution in [0.3, 0.4) is 0 Å². The number of hydrogen-bond acceptors (Lipinski definition) is 5. The fourth-order valence-electron chi connectivity index (χ4n) is 3.92. The standard InChI is InChI=1S/C31H24BrNO4/c1-2-35-29-19-21(11-16-28(29)36-20-22-7-6-10-26(32)17-22)18-27-31(34)37-30(33-27)25-14-12-24(13-15-25)23-8-4-3-5-9-23/h3-19H,2,20H2,1H3/b27-18-. The Morgan fingerprint density at radius 3 is 2.32 bits per heavy atom. The van der Waals surface area contributed by atoms with Crippen molar-refractivity contribution >= 4 is 33.9 Å². The third-order valence-corrected chi connectivity index (χ3v) is 6.21. The maximum atomic E-state index is 12.6. The Balaban J connectivity index is 1.34. The van der Waals surface area contributed by atoms with Crippen molar-refractivity contribution in [2.45, 2.75) is 13.5 Å². The summed E-state index contributed by atoms with van der Waals surface area (Å²) in [5.74, 6) is 1.02. The van der Waals surface area contributed by atoms with Gasteiger partial charge in [0.1, 0.15) is 6.61 Å². The highest BCUT2D eigenvalue weighted by atomic mass is 79.9. The van der Waals surface area contributed by atoms with Crippen molar-refractivity contribution in [2.24, 2.45) is 4.99 Å². The molecule has 0 unspecified atom stereocenters. The zero-order valence-corrected chi connectivity index (χ0v) is 21.8. The van der Waals surface area contributed by atoms with Gasteiger partial charge in [0.25, 0.3) is 0 Å². The van der Waals surface area contributed by atoms with E-state index in [9.17, 15) is 4.79 Å². The molecule has 1 aliphatic heterocycles. The molecule has 1 aliphatic rings. The number of carbonyl (C=O) groups excluding carboxylic acids is 1. The number of benzene rings is 4. The Hall–Kier alpha value is -4.16. The van der Waals surface area contributed by atoms with Crippen LogP contribution in [0.1, 0.15) is 23.6 Å². The molecule has 0 bridgehead atoms. The highest BCUT2D eigenvalue weighted by Gasteiger charge is 2.24. The first-order chi connectivity index (χ1) is 18.1. The lowest BCUT2D eigenvalue weighted by Crippen LogP contribution is -2.05. The normalized spacial score (nSPS) is 13.8. The van der Waals surface area contributed by atoms with E-state index in [0.717, 1.165) is 32.3 Å². The zero-order chi connectivity index (χ0) is 25.6. The van der Waals surface area contributed by atoms with Crippen LogP contribution in [0, 0.1) is 0 Å². The highest BCUT2D eigenvalue weighted by molar-refractivity contribution is 9.10. The van der Waals surface area contributed by atoms with E-state index >= 15 is 0 Å². The molecular formula is C31H24BrNO4. The van der Waals surface area contributed by atoms with Crippen molar-refractivity contribution < 1.29 is 19.0 Å². The molecule has 0 aliphatic carbocycles. The fraction of sp³-hybridized carbons (Fsp3) is 0.0968. The van der Waals surface area contributed by atoms with Crippen LogP contribution in [0.25, 0.3) is 17.2 Å². The number of esters is 1. The SMILES string of the molecule is CCOc1cc(/C=C2\N=C(c3ccc(-c4ccccc4)cc3)OC2=O)ccc1OCc1cccc(Br)c1. The minimum atomic E-state index is -0.491. The second-order valence-corrected chi connectivity index (χ2v) is 9.25. The number of carbonyl (C=O) groups is 1. The van der Waals surface area contributed by atoms with Gasteiger partial charge in [-0.15, -0.1) is 0 Å². The molecule has 37 heavy (non-hydrogen) atoms. The average Bonchev–Trinajstić information content (AvgIpc) is 3.29. The highest BCUT2D eigenvalue weighted by Crippen LogP contribution is 2.31. The largest absolute Gasteiger partial charge is 0.490 e. The van der Waals surface area contributed by atoms with E-state index in [4.69, 9.17) is 14.2 Å². The van der Waals surface area contributed by atoms with Crippen molar-refractivity contribution in [3.63, 3.8) is 0 Å². The molecule has 1 heterocycles. The van der Waals surface area contributed by atoms with Crippen molar-refractivity contribution in [1.82, 2.24) is 0 Å². The van der Waals surface area contributed by atoms with Crippen LogP contribution in [0.15, 0.2) is 112 Å². The number of cyclic esters (lactones) is 1. The molecule has 0 fully saturated rings. The summed E-state index contributed by atoms with van der Waals surface area (Å²) in [5, 5.41) is 0. The first-order valence-electron chi connectivity index (χ1n) is 11.9. The van der Waals surface area contributed by atoms with Gasteiger partial charge in [0.05, 0.1) is 6.61 Å². The van der Waals surface area contributed by atoms with Crippen LogP contribution in [0.2, 0.25) is 0 Å². The third kappa shape index (κ3) is 5.98. The Labute approximate surface area is 224 Å². The van der Waals surface area contributed by atoms with Gasteiger partial charge < -0.3 is 14.2 Å². The van der Waals surface area contributed by atoms with Crippen molar-refractivity contribution in [3.8, 4) is 22.6 Å². The molecule has 5 nitrogen and oxygen atoms in total. The van der Waals surface area contributed by atoms with Gasteiger partial charge in [0.15, 0.2) is 17.2 Å².